The Morgan fingerprint density at radius 3 is 2.75 bits per heavy atom. The van der Waals surface area contributed by atoms with Crippen LogP contribution in [0.4, 0.5) is 0 Å². The van der Waals surface area contributed by atoms with E-state index in [1.54, 1.807) is 0 Å². The van der Waals surface area contributed by atoms with E-state index >= 15 is 0 Å². The van der Waals surface area contributed by atoms with Crippen molar-refractivity contribution < 1.29 is 9.21 Å². The van der Waals surface area contributed by atoms with E-state index in [0.717, 1.165) is 31.9 Å². The Morgan fingerprint density at radius 1 is 1.31 bits per heavy atom. The first-order valence-corrected chi connectivity index (χ1v) is 5.94. The summed E-state index contributed by atoms with van der Waals surface area (Å²) < 4.78 is 5.61. The molecule has 2 fully saturated rings. The van der Waals surface area contributed by atoms with E-state index < -0.39 is 0 Å². The van der Waals surface area contributed by atoms with Crippen LogP contribution in [0.25, 0.3) is 0 Å². The molecule has 1 saturated heterocycles. The lowest BCUT2D eigenvalue weighted by atomic mass is 10.3. The van der Waals surface area contributed by atoms with Crippen molar-refractivity contribution in [3.05, 3.63) is 23.7 Å². The number of carbonyl (C=O) groups is 1. The number of piperazine rings is 1. The summed E-state index contributed by atoms with van der Waals surface area (Å²) in [6.07, 6.45) is 2.41. The fourth-order valence-corrected chi connectivity index (χ4v) is 2.08. The van der Waals surface area contributed by atoms with Crippen molar-refractivity contribution in [1.82, 2.24) is 10.2 Å². The van der Waals surface area contributed by atoms with Crippen LogP contribution in [0.5, 0.6) is 0 Å². The summed E-state index contributed by atoms with van der Waals surface area (Å²) in [5.41, 5.74) is 0. The van der Waals surface area contributed by atoms with Crippen molar-refractivity contribution >= 4 is 5.91 Å². The highest BCUT2D eigenvalue weighted by atomic mass is 16.4. The maximum atomic E-state index is 12.1. The van der Waals surface area contributed by atoms with Gasteiger partial charge in [0.2, 0.25) is 0 Å². The molecule has 16 heavy (non-hydrogen) atoms. The van der Waals surface area contributed by atoms with Crippen molar-refractivity contribution in [2.24, 2.45) is 0 Å². The minimum absolute atomic E-state index is 0.0356. The van der Waals surface area contributed by atoms with Gasteiger partial charge in [-0.25, -0.2) is 0 Å². The fraction of sp³-hybridized carbons (Fsp3) is 0.583. The van der Waals surface area contributed by atoms with Crippen LogP contribution in [-0.4, -0.2) is 37.0 Å². The van der Waals surface area contributed by atoms with Crippen molar-refractivity contribution in [2.75, 3.05) is 26.2 Å². The van der Waals surface area contributed by atoms with Crippen LogP contribution in [0.3, 0.4) is 0 Å². The van der Waals surface area contributed by atoms with Gasteiger partial charge in [-0.3, -0.25) is 4.79 Å². The number of hydrogen-bond acceptors (Lipinski definition) is 3. The first-order valence-electron chi connectivity index (χ1n) is 5.94. The van der Waals surface area contributed by atoms with E-state index in [0.29, 0.717) is 11.7 Å². The van der Waals surface area contributed by atoms with Gasteiger partial charge in [-0.2, -0.15) is 0 Å². The molecule has 1 saturated carbocycles. The lowest BCUT2D eigenvalue weighted by molar-refractivity contribution is 0.0702. The standard InChI is InChI=1S/C12H16N2O2/c15-12(14-7-5-13-6-8-14)11-4-3-10(16-11)9-1-2-9/h3-4,9,13H,1-2,5-8H2. The maximum absolute atomic E-state index is 12.1. The zero-order valence-corrected chi connectivity index (χ0v) is 9.24. The Bertz CT molecular complexity index is 389. The predicted molar refractivity (Wildman–Crippen MR) is 59.5 cm³/mol. The monoisotopic (exact) mass is 220 g/mol. The SMILES string of the molecule is O=C(c1ccc(C2CC2)o1)N1CCNCC1. The summed E-state index contributed by atoms with van der Waals surface area (Å²) in [6.45, 7) is 3.31. The van der Waals surface area contributed by atoms with E-state index in [2.05, 4.69) is 5.32 Å². The molecule has 1 aromatic rings. The summed E-state index contributed by atoms with van der Waals surface area (Å²) >= 11 is 0. The second kappa shape index (κ2) is 3.94. The quantitative estimate of drug-likeness (QED) is 0.814. The van der Waals surface area contributed by atoms with Crippen LogP contribution in [0.15, 0.2) is 16.5 Å². The molecule has 1 aliphatic carbocycles. The summed E-state index contributed by atoms with van der Waals surface area (Å²) in [7, 11) is 0. The van der Waals surface area contributed by atoms with E-state index in [1.807, 2.05) is 17.0 Å². The molecule has 2 heterocycles. The van der Waals surface area contributed by atoms with Gasteiger partial charge in [-0.1, -0.05) is 0 Å². The number of furan rings is 1. The average Bonchev–Trinajstić information content (AvgIpc) is 3.08. The van der Waals surface area contributed by atoms with E-state index in [9.17, 15) is 4.79 Å². The van der Waals surface area contributed by atoms with Gasteiger partial charge < -0.3 is 14.6 Å². The van der Waals surface area contributed by atoms with Crippen molar-refractivity contribution in [3.8, 4) is 0 Å². The van der Waals surface area contributed by atoms with Gasteiger partial charge in [-0.05, 0) is 25.0 Å². The summed E-state index contributed by atoms with van der Waals surface area (Å²) in [4.78, 5) is 13.9. The zero-order valence-electron chi connectivity index (χ0n) is 9.24. The first-order chi connectivity index (χ1) is 7.84. The third kappa shape index (κ3) is 1.85. The van der Waals surface area contributed by atoms with Gasteiger partial charge >= 0.3 is 0 Å². The van der Waals surface area contributed by atoms with E-state index in [1.165, 1.54) is 12.8 Å². The smallest absolute Gasteiger partial charge is 0.289 e. The fourth-order valence-electron chi connectivity index (χ4n) is 2.08. The number of hydrogen-bond donors (Lipinski definition) is 1. The molecule has 1 N–H and O–H groups in total. The molecule has 0 bridgehead atoms. The molecule has 0 spiro atoms. The zero-order chi connectivity index (χ0) is 11.0. The molecule has 0 unspecified atom stereocenters. The van der Waals surface area contributed by atoms with Crippen LogP contribution in [-0.2, 0) is 0 Å². The minimum Gasteiger partial charge on any atom is -0.456 e. The molecule has 1 aliphatic heterocycles. The number of amides is 1. The highest BCUT2D eigenvalue weighted by Crippen LogP contribution is 2.40. The molecule has 86 valence electrons. The normalized spacial score (nSPS) is 21.1. The summed E-state index contributed by atoms with van der Waals surface area (Å²) in [5.74, 6) is 2.10. The molecule has 3 rings (SSSR count). The van der Waals surface area contributed by atoms with Gasteiger partial charge in [0.25, 0.3) is 5.91 Å². The number of rotatable bonds is 2. The maximum Gasteiger partial charge on any atom is 0.289 e. The molecular formula is C12H16N2O2. The molecule has 4 nitrogen and oxygen atoms in total. The van der Waals surface area contributed by atoms with Crippen molar-refractivity contribution in [3.63, 3.8) is 0 Å². The second-order valence-electron chi connectivity index (χ2n) is 4.52. The lowest BCUT2D eigenvalue weighted by Gasteiger charge is -2.26. The number of nitrogens with one attached hydrogen (secondary N) is 1. The molecule has 1 amide bonds. The summed E-state index contributed by atoms with van der Waals surface area (Å²) in [5, 5.41) is 3.23. The first kappa shape index (κ1) is 9.90. The highest BCUT2D eigenvalue weighted by molar-refractivity contribution is 5.91. The molecule has 0 aromatic carbocycles. The van der Waals surface area contributed by atoms with E-state index in [4.69, 9.17) is 4.42 Å². The van der Waals surface area contributed by atoms with Gasteiger partial charge in [0, 0.05) is 32.1 Å². The number of nitrogens with zero attached hydrogens (tertiary/aromatic N) is 1. The van der Waals surface area contributed by atoms with Crippen LogP contribution in [0, 0.1) is 0 Å². The molecule has 4 heteroatoms. The highest BCUT2D eigenvalue weighted by Gasteiger charge is 2.28. The Balaban J connectivity index is 1.71. The van der Waals surface area contributed by atoms with E-state index in [-0.39, 0.29) is 5.91 Å². The van der Waals surface area contributed by atoms with Crippen LogP contribution in [0.1, 0.15) is 35.1 Å². The van der Waals surface area contributed by atoms with Gasteiger partial charge in [0.15, 0.2) is 5.76 Å². The van der Waals surface area contributed by atoms with Crippen molar-refractivity contribution in [1.29, 1.82) is 0 Å². The lowest BCUT2D eigenvalue weighted by Crippen LogP contribution is -2.46. The Kier molecular flexibility index (Phi) is 2.44. The summed E-state index contributed by atoms with van der Waals surface area (Å²) in [6, 6.07) is 3.77. The minimum atomic E-state index is 0.0356. The average molecular weight is 220 g/mol. The van der Waals surface area contributed by atoms with Crippen LogP contribution >= 0.6 is 0 Å². The Labute approximate surface area is 94.6 Å². The Morgan fingerprint density at radius 2 is 2.06 bits per heavy atom. The third-order valence-electron chi connectivity index (χ3n) is 3.22. The molecule has 1 aromatic heterocycles. The third-order valence-corrected chi connectivity index (χ3v) is 3.22. The van der Waals surface area contributed by atoms with Gasteiger partial charge in [0.05, 0.1) is 0 Å². The molecule has 2 aliphatic rings. The topological polar surface area (TPSA) is 45.5 Å². The van der Waals surface area contributed by atoms with Crippen molar-refractivity contribution in [2.45, 2.75) is 18.8 Å². The van der Waals surface area contributed by atoms with Crippen LogP contribution in [0.2, 0.25) is 0 Å². The van der Waals surface area contributed by atoms with Crippen LogP contribution < -0.4 is 5.32 Å². The molecular weight excluding hydrogens is 204 g/mol. The van der Waals surface area contributed by atoms with Gasteiger partial charge in [-0.15, -0.1) is 0 Å². The molecule has 0 radical (unpaired) electrons. The predicted octanol–water partition coefficient (Wildman–Crippen LogP) is 1.20. The number of carbonyl (C=O) groups excluding carboxylic acids is 1. The Hall–Kier alpha value is -1.29. The second-order valence-corrected chi connectivity index (χ2v) is 4.52. The molecule has 0 atom stereocenters. The van der Waals surface area contributed by atoms with Gasteiger partial charge in [0.1, 0.15) is 5.76 Å². The largest absolute Gasteiger partial charge is 0.456 e.